The van der Waals surface area contributed by atoms with E-state index in [4.69, 9.17) is 4.74 Å². The molecular formula is C15H27N3O3. The lowest BCUT2D eigenvalue weighted by atomic mass is 9.89. The van der Waals surface area contributed by atoms with E-state index in [1.165, 1.54) is 0 Å². The van der Waals surface area contributed by atoms with Crippen LogP contribution in [0.15, 0.2) is 0 Å². The molecule has 0 bridgehead atoms. The molecule has 120 valence electrons. The molecule has 0 aliphatic carbocycles. The second kappa shape index (κ2) is 6.93. The number of aryl methyl sites for hydroxylation is 2. The number of nitrogens with one attached hydrogen (secondary N) is 1. The summed E-state index contributed by atoms with van der Waals surface area (Å²) in [6, 6.07) is 0. The van der Waals surface area contributed by atoms with Crippen LogP contribution in [0.1, 0.15) is 38.6 Å². The number of aromatic nitrogens is 2. The molecule has 2 atom stereocenters. The SMILES string of the molecule is CCC(C)C(C)(O)CNC(=O)COc1c(C)nn(C)c1C. The molecular weight excluding hydrogens is 270 g/mol. The molecule has 2 N–H and O–H groups in total. The number of carbonyl (C=O) groups is 1. The van der Waals surface area contributed by atoms with E-state index < -0.39 is 5.60 Å². The lowest BCUT2D eigenvalue weighted by Crippen LogP contribution is -2.46. The Morgan fingerprint density at radius 3 is 2.62 bits per heavy atom. The van der Waals surface area contributed by atoms with E-state index in [1.807, 2.05) is 34.7 Å². The maximum Gasteiger partial charge on any atom is 0.258 e. The number of hydrogen-bond donors (Lipinski definition) is 2. The summed E-state index contributed by atoms with van der Waals surface area (Å²) in [5, 5.41) is 17.2. The minimum Gasteiger partial charge on any atom is -0.480 e. The maximum atomic E-state index is 11.8. The van der Waals surface area contributed by atoms with Gasteiger partial charge in [-0.05, 0) is 26.7 Å². The predicted octanol–water partition coefficient (Wildman–Crippen LogP) is 1.33. The van der Waals surface area contributed by atoms with Crippen LogP contribution in [0.25, 0.3) is 0 Å². The minimum atomic E-state index is -0.912. The molecule has 0 radical (unpaired) electrons. The Morgan fingerprint density at radius 1 is 1.52 bits per heavy atom. The van der Waals surface area contributed by atoms with Crippen LogP contribution in [0.3, 0.4) is 0 Å². The van der Waals surface area contributed by atoms with Crippen molar-refractivity contribution < 1.29 is 14.6 Å². The molecule has 0 fully saturated rings. The standard InChI is InChI=1S/C15H27N3O3/c1-7-10(2)15(5,20)9-16-13(19)8-21-14-11(3)17-18(6)12(14)4/h10,20H,7-9H2,1-6H3,(H,16,19). The Morgan fingerprint density at radius 2 is 2.14 bits per heavy atom. The van der Waals surface area contributed by atoms with Crippen LogP contribution in [-0.2, 0) is 11.8 Å². The first kappa shape index (κ1) is 17.5. The van der Waals surface area contributed by atoms with Crippen molar-refractivity contribution in [1.82, 2.24) is 15.1 Å². The summed E-state index contributed by atoms with van der Waals surface area (Å²) in [5.41, 5.74) is 0.728. The summed E-state index contributed by atoms with van der Waals surface area (Å²) in [6.45, 7) is 9.58. The molecule has 2 unspecified atom stereocenters. The molecule has 0 aliphatic heterocycles. The largest absolute Gasteiger partial charge is 0.480 e. The molecule has 1 rings (SSSR count). The van der Waals surface area contributed by atoms with Gasteiger partial charge in [0.2, 0.25) is 0 Å². The molecule has 6 nitrogen and oxygen atoms in total. The van der Waals surface area contributed by atoms with Crippen molar-refractivity contribution >= 4 is 5.91 Å². The molecule has 1 aromatic rings. The molecule has 1 heterocycles. The zero-order valence-electron chi connectivity index (χ0n) is 13.9. The molecule has 6 heteroatoms. The second-order valence-electron chi connectivity index (χ2n) is 5.86. The Kier molecular flexibility index (Phi) is 5.78. The van der Waals surface area contributed by atoms with Crippen molar-refractivity contribution in [3.05, 3.63) is 11.4 Å². The summed E-state index contributed by atoms with van der Waals surface area (Å²) in [6.07, 6.45) is 0.855. The van der Waals surface area contributed by atoms with E-state index in [2.05, 4.69) is 10.4 Å². The fraction of sp³-hybridized carbons (Fsp3) is 0.733. The van der Waals surface area contributed by atoms with Gasteiger partial charge in [0.1, 0.15) is 5.69 Å². The van der Waals surface area contributed by atoms with E-state index >= 15 is 0 Å². The Hall–Kier alpha value is -1.56. The van der Waals surface area contributed by atoms with Crippen molar-refractivity contribution in [3.63, 3.8) is 0 Å². The van der Waals surface area contributed by atoms with Gasteiger partial charge in [0, 0.05) is 13.6 Å². The van der Waals surface area contributed by atoms with Crippen LogP contribution in [0.5, 0.6) is 5.75 Å². The summed E-state index contributed by atoms with van der Waals surface area (Å²) in [7, 11) is 1.83. The molecule has 1 aromatic heterocycles. The Bertz CT molecular complexity index is 495. The van der Waals surface area contributed by atoms with E-state index in [0.717, 1.165) is 17.8 Å². The third-order valence-electron chi connectivity index (χ3n) is 4.11. The maximum absolute atomic E-state index is 11.8. The summed E-state index contributed by atoms with van der Waals surface area (Å²) in [4.78, 5) is 11.8. The highest BCUT2D eigenvalue weighted by atomic mass is 16.5. The first-order chi connectivity index (χ1) is 9.69. The number of ether oxygens (including phenoxy) is 1. The van der Waals surface area contributed by atoms with Crippen molar-refractivity contribution in [1.29, 1.82) is 0 Å². The van der Waals surface area contributed by atoms with Crippen LogP contribution in [0.2, 0.25) is 0 Å². The first-order valence-corrected chi connectivity index (χ1v) is 7.31. The number of hydrogen-bond acceptors (Lipinski definition) is 4. The monoisotopic (exact) mass is 297 g/mol. The van der Waals surface area contributed by atoms with Gasteiger partial charge in [-0.25, -0.2) is 0 Å². The molecule has 0 spiro atoms. The van der Waals surface area contributed by atoms with Crippen molar-refractivity contribution in [3.8, 4) is 5.75 Å². The lowest BCUT2D eigenvalue weighted by Gasteiger charge is -2.29. The molecule has 0 aromatic carbocycles. The number of nitrogens with zero attached hydrogens (tertiary/aromatic N) is 2. The van der Waals surface area contributed by atoms with Gasteiger partial charge in [0.05, 0.1) is 11.3 Å². The number of amides is 1. The van der Waals surface area contributed by atoms with Gasteiger partial charge in [-0.15, -0.1) is 0 Å². The number of carbonyl (C=O) groups excluding carboxylic acids is 1. The van der Waals surface area contributed by atoms with Gasteiger partial charge in [0.15, 0.2) is 12.4 Å². The lowest BCUT2D eigenvalue weighted by molar-refractivity contribution is -0.124. The van der Waals surface area contributed by atoms with Crippen molar-refractivity contribution in [2.75, 3.05) is 13.2 Å². The normalized spacial score (nSPS) is 15.4. The molecule has 0 saturated heterocycles. The minimum absolute atomic E-state index is 0.0794. The molecule has 0 aliphatic rings. The highest BCUT2D eigenvalue weighted by Crippen LogP contribution is 2.21. The van der Waals surface area contributed by atoms with Gasteiger partial charge in [0.25, 0.3) is 5.91 Å². The average Bonchev–Trinajstić information content (AvgIpc) is 2.67. The van der Waals surface area contributed by atoms with Gasteiger partial charge < -0.3 is 15.2 Å². The van der Waals surface area contributed by atoms with Crippen LogP contribution >= 0.6 is 0 Å². The van der Waals surface area contributed by atoms with Crippen molar-refractivity contribution in [2.24, 2.45) is 13.0 Å². The predicted molar refractivity (Wildman–Crippen MR) is 81.3 cm³/mol. The second-order valence-corrected chi connectivity index (χ2v) is 5.86. The van der Waals surface area contributed by atoms with Crippen molar-refractivity contribution in [2.45, 2.75) is 46.6 Å². The van der Waals surface area contributed by atoms with Crippen LogP contribution in [0.4, 0.5) is 0 Å². The van der Waals surface area contributed by atoms with Gasteiger partial charge in [-0.1, -0.05) is 20.3 Å². The van der Waals surface area contributed by atoms with Crippen LogP contribution in [-0.4, -0.2) is 39.5 Å². The fourth-order valence-electron chi connectivity index (χ4n) is 2.04. The summed E-state index contributed by atoms with van der Waals surface area (Å²) >= 11 is 0. The number of rotatable bonds is 7. The summed E-state index contributed by atoms with van der Waals surface area (Å²) in [5.74, 6) is 0.504. The zero-order chi connectivity index (χ0) is 16.2. The highest BCUT2D eigenvalue weighted by molar-refractivity contribution is 5.77. The Labute approximate surface area is 126 Å². The quantitative estimate of drug-likeness (QED) is 0.796. The van der Waals surface area contributed by atoms with Gasteiger partial charge in [-0.2, -0.15) is 5.10 Å². The topological polar surface area (TPSA) is 76.4 Å². The molecule has 21 heavy (non-hydrogen) atoms. The van der Waals surface area contributed by atoms with E-state index in [0.29, 0.717) is 5.75 Å². The van der Waals surface area contributed by atoms with Gasteiger partial charge in [-0.3, -0.25) is 9.48 Å². The third kappa shape index (κ3) is 4.46. The van der Waals surface area contributed by atoms with E-state index in [1.54, 1.807) is 11.6 Å². The van der Waals surface area contributed by atoms with Gasteiger partial charge >= 0.3 is 0 Å². The third-order valence-corrected chi connectivity index (χ3v) is 4.11. The van der Waals surface area contributed by atoms with Crippen LogP contribution < -0.4 is 10.1 Å². The van der Waals surface area contributed by atoms with E-state index in [-0.39, 0.29) is 25.0 Å². The smallest absolute Gasteiger partial charge is 0.258 e. The zero-order valence-corrected chi connectivity index (χ0v) is 13.9. The van der Waals surface area contributed by atoms with E-state index in [9.17, 15) is 9.90 Å². The molecule has 1 amide bonds. The highest BCUT2D eigenvalue weighted by Gasteiger charge is 2.27. The fourth-order valence-corrected chi connectivity index (χ4v) is 2.04. The molecule has 0 saturated carbocycles. The van der Waals surface area contributed by atoms with Crippen LogP contribution in [0, 0.1) is 19.8 Å². The Balaban J connectivity index is 2.48. The average molecular weight is 297 g/mol. The first-order valence-electron chi connectivity index (χ1n) is 7.31. The number of aliphatic hydroxyl groups is 1. The summed E-state index contributed by atoms with van der Waals surface area (Å²) < 4.78 is 7.24.